The Morgan fingerprint density at radius 2 is 0.818 bits per heavy atom. The minimum Gasteiger partial charge on any atom is -0.0885 e. The number of hydrogen-bond donors (Lipinski definition) is 0. The van der Waals surface area contributed by atoms with Gasteiger partial charge in [-0.15, -0.1) is 0 Å². The van der Waals surface area contributed by atoms with Crippen LogP contribution in [0, 0.1) is 0 Å². The van der Waals surface area contributed by atoms with Crippen molar-refractivity contribution in [1.82, 2.24) is 0 Å². The minimum atomic E-state index is 1.27. The van der Waals surface area contributed by atoms with E-state index in [1.807, 2.05) is 0 Å². The molecule has 0 heterocycles. The van der Waals surface area contributed by atoms with Crippen LogP contribution in [0.25, 0.3) is 0 Å². The molecule has 1 aliphatic rings. The lowest BCUT2D eigenvalue weighted by molar-refractivity contribution is 0.761. The molecule has 1 aliphatic carbocycles. The van der Waals surface area contributed by atoms with Crippen LogP contribution < -0.4 is 0 Å². The van der Waals surface area contributed by atoms with Crippen LogP contribution in [0.1, 0.15) is 44.9 Å². The van der Waals surface area contributed by atoms with E-state index < -0.39 is 0 Å². The SMILES string of the molecule is C1=CCCCCC=CCCC1. The Bertz CT molecular complexity index is 115. The average molecular weight is 150 g/mol. The molecule has 0 nitrogen and oxygen atoms in total. The molecule has 62 valence electrons. The Morgan fingerprint density at radius 3 is 1.27 bits per heavy atom. The van der Waals surface area contributed by atoms with Crippen molar-refractivity contribution in [3.05, 3.63) is 24.3 Å². The van der Waals surface area contributed by atoms with E-state index in [-0.39, 0.29) is 0 Å². The maximum absolute atomic E-state index is 2.34. The summed E-state index contributed by atoms with van der Waals surface area (Å²) in [5, 5.41) is 0. The largest absolute Gasteiger partial charge is 0.0885 e. The summed E-state index contributed by atoms with van der Waals surface area (Å²) < 4.78 is 0. The first-order valence-corrected chi connectivity index (χ1v) is 4.80. The van der Waals surface area contributed by atoms with Gasteiger partial charge in [0.25, 0.3) is 0 Å². The normalized spacial score (nSPS) is 21.1. The van der Waals surface area contributed by atoms with E-state index in [9.17, 15) is 0 Å². The second kappa shape index (κ2) is 6.21. The second-order valence-corrected chi connectivity index (χ2v) is 3.16. The molecule has 0 N–H and O–H groups in total. The van der Waals surface area contributed by atoms with Gasteiger partial charge in [-0.2, -0.15) is 0 Å². The van der Waals surface area contributed by atoms with Gasteiger partial charge in [-0.3, -0.25) is 0 Å². The summed E-state index contributed by atoms with van der Waals surface area (Å²) in [6, 6.07) is 0. The van der Waals surface area contributed by atoms with E-state index in [0.29, 0.717) is 0 Å². The zero-order valence-corrected chi connectivity index (χ0v) is 7.26. The summed E-state index contributed by atoms with van der Waals surface area (Å²) in [5.74, 6) is 0. The molecule has 0 radical (unpaired) electrons. The fraction of sp³-hybridized carbons (Fsp3) is 0.636. The van der Waals surface area contributed by atoms with Crippen molar-refractivity contribution in [2.45, 2.75) is 44.9 Å². The van der Waals surface area contributed by atoms with Gasteiger partial charge in [0.2, 0.25) is 0 Å². The first-order chi connectivity index (χ1) is 5.50. The van der Waals surface area contributed by atoms with Gasteiger partial charge in [0.15, 0.2) is 0 Å². The van der Waals surface area contributed by atoms with Gasteiger partial charge in [-0.1, -0.05) is 24.3 Å². The third-order valence-electron chi connectivity index (χ3n) is 2.07. The quantitative estimate of drug-likeness (QED) is 0.460. The lowest BCUT2D eigenvalue weighted by Gasteiger charge is -1.90. The molecule has 0 aromatic rings. The highest BCUT2D eigenvalue weighted by Gasteiger charge is 1.86. The summed E-state index contributed by atoms with van der Waals surface area (Å²) in [4.78, 5) is 0. The van der Waals surface area contributed by atoms with E-state index in [4.69, 9.17) is 0 Å². The molecular weight excluding hydrogens is 132 g/mol. The maximum atomic E-state index is 2.34. The molecular formula is C11H18. The number of hydrogen-bond acceptors (Lipinski definition) is 0. The zero-order valence-electron chi connectivity index (χ0n) is 7.26. The average Bonchev–Trinajstić information content (AvgIpc) is 2.08. The molecule has 0 saturated heterocycles. The van der Waals surface area contributed by atoms with E-state index in [1.54, 1.807) is 0 Å². The summed E-state index contributed by atoms with van der Waals surface area (Å²) in [6.07, 6.45) is 18.5. The topological polar surface area (TPSA) is 0 Å². The van der Waals surface area contributed by atoms with Crippen LogP contribution in [0.15, 0.2) is 24.3 Å². The van der Waals surface area contributed by atoms with Crippen LogP contribution in [0.5, 0.6) is 0 Å². The first-order valence-electron chi connectivity index (χ1n) is 4.80. The summed E-state index contributed by atoms with van der Waals surface area (Å²) >= 11 is 0. The second-order valence-electron chi connectivity index (χ2n) is 3.16. The molecule has 0 aromatic carbocycles. The van der Waals surface area contributed by atoms with Crippen molar-refractivity contribution in [2.75, 3.05) is 0 Å². The van der Waals surface area contributed by atoms with Crippen LogP contribution in [0.3, 0.4) is 0 Å². The molecule has 1 rings (SSSR count). The molecule has 0 amide bonds. The molecule has 0 aliphatic heterocycles. The van der Waals surface area contributed by atoms with Crippen LogP contribution >= 0.6 is 0 Å². The monoisotopic (exact) mass is 150 g/mol. The highest BCUT2D eigenvalue weighted by Crippen LogP contribution is 2.06. The van der Waals surface area contributed by atoms with Crippen molar-refractivity contribution < 1.29 is 0 Å². The summed E-state index contributed by atoms with van der Waals surface area (Å²) in [6.45, 7) is 0. The maximum Gasteiger partial charge on any atom is -0.0348 e. The Hall–Kier alpha value is -0.520. The zero-order chi connectivity index (χ0) is 7.78. The Balaban J connectivity index is 2.22. The van der Waals surface area contributed by atoms with Gasteiger partial charge in [0.05, 0.1) is 0 Å². The standard InChI is InChI=1S/C11H18/c1-2-4-6-8-10-11-9-7-5-3-1/h1-2,9,11H,3-8,10H2. The van der Waals surface area contributed by atoms with Crippen molar-refractivity contribution in [2.24, 2.45) is 0 Å². The van der Waals surface area contributed by atoms with Gasteiger partial charge in [0.1, 0.15) is 0 Å². The van der Waals surface area contributed by atoms with Crippen molar-refractivity contribution >= 4 is 0 Å². The first kappa shape index (κ1) is 8.58. The predicted molar refractivity (Wildman–Crippen MR) is 50.6 cm³/mol. The minimum absolute atomic E-state index is 1.27. The fourth-order valence-electron chi connectivity index (χ4n) is 1.35. The van der Waals surface area contributed by atoms with Gasteiger partial charge in [-0.05, 0) is 44.9 Å². The molecule has 0 heteroatoms. The fourth-order valence-corrected chi connectivity index (χ4v) is 1.35. The van der Waals surface area contributed by atoms with Crippen LogP contribution in [-0.4, -0.2) is 0 Å². The van der Waals surface area contributed by atoms with Gasteiger partial charge < -0.3 is 0 Å². The molecule has 0 bridgehead atoms. The predicted octanol–water partition coefficient (Wildman–Crippen LogP) is 3.84. The number of allylic oxidation sites excluding steroid dienone is 4. The summed E-state index contributed by atoms with van der Waals surface area (Å²) in [7, 11) is 0. The lowest BCUT2D eigenvalue weighted by atomic mass is 10.2. The van der Waals surface area contributed by atoms with Crippen molar-refractivity contribution in [3.8, 4) is 0 Å². The molecule has 0 aromatic heterocycles. The Labute approximate surface area is 70.0 Å². The third-order valence-corrected chi connectivity index (χ3v) is 2.07. The van der Waals surface area contributed by atoms with Gasteiger partial charge >= 0.3 is 0 Å². The van der Waals surface area contributed by atoms with Crippen LogP contribution in [-0.2, 0) is 0 Å². The Kier molecular flexibility index (Phi) is 4.84. The summed E-state index contributed by atoms with van der Waals surface area (Å²) in [5.41, 5.74) is 0. The third kappa shape index (κ3) is 4.83. The van der Waals surface area contributed by atoms with Gasteiger partial charge in [-0.25, -0.2) is 0 Å². The highest BCUT2D eigenvalue weighted by atomic mass is 13.9. The molecule has 0 unspecified atom stereocenters. The lowest BCUT2D eigenvalue weighted by Crippen LogP contribution is -1.71. The van der Waals surface area contributed by atoms with Crippen molar-refractivity contribution in [1.29, 1.82) is 0 Å². The Morgan fingerprint density at radius 1 is 0.455 bits per heavy atom. The molecule has 0 spiro atoms. The van der Waals surface area contributed by atoms with E-state index >= 15 is 0 Å². The molecule has 11 heavy (non-hydrogen) atoms. The van der Waals surface area contributed by atoms with Crippen LogP contribution in [0.4, 0.5) is 0 Å². The van der Waals surface area contributed by atoms with Gasteiger partial charge in [0, 0.05) is 0 Å². The molecule has 0 saturated carbocycles. The number of rotatable bonds is 0. The molecule has 0 atom stereocenters. The van der Waals surface area contributed by atoms with E-state index in [2.05, 4.69) is 24.3 Å². The van der Waals surface area contributed by atoms with Crippen LogP contribution in [0.2, 0.25) is 0 Å². The highest BCUT2D eigenvalue weighted by molar-refractivity contribution is 4.87. The van der Waals surface area contributed by atoms with E-state index in [1.165, 1.54) is 44.9 Å². The smallest absolute Gasteiger partial charge is 0.0348 e. The van der Waals surface area contributed by atoms with Crippen molar-refractivity contribution in [3.63, 3.8) is 0 Å². The van der Waals surface area contributed by atoms with E-state index in [0.717, 1.165) is 0 Å². The molecule has 0 fully saturated rings.